The van der Waals surface area contributed by atoms with Gasteiger partial charge in [0.2, 0.25) is 0 Å². The lowest BCUT2D eigenvalue weighted by molar-refractivity contribution is -0.199. The van der Waals surface area contributed by atoms with Gasteiger partial charge in [-0.3, -0.25) is 18.7 Å². The van der Waals surface area contributed by atoms with E-state index >= 15 is 0 Å². The summed E-state index contributed by atoms with van der Waals surface area (Å²) >= 11 is 0. The van der Waals surface area contributed by atoms with Crippen LogP contribution >= 0.6 is 0 Å². The van der Waals surface area contributed by atoms with Crippen LogP contribution < -0.4 is 21.3 Å². The number of amides is 1. The number of nitrogens with one attached hydrogen (secondary N) is 1. The molecule has 4 fully saturated rings. The average molecular weight is 516 g/mol. The maximum atomic E-state index is 13.5. The molecule has 0 spiro atoms. The number of nitrogens with zero attached hydrogens (tertiary/aromatic N) is 2. The number of benzene rings is 1. The van der Waals surface area contributed by atoms with Gasteiger partial charge >= 0.3 is 5.69 Å². The number of aromatic nitrogens is 2. The molecule has 5 heterocycles. The Hall–Kier alpha value is -3.03. The van der Waals surface area contributed by atoms with Gasteiger partial charge in [-0.05, 0) is 31.5 Å². The monoisotopic (exact) mass is 515 g/mol. The number of epoxide rings is 2. The second kappa shape index (κ2) is 9.07. The van der Waals surface area contributed by atoms with Gasteiger partial charge in [-0.25, -0.2) is 4.79 Å². The molecule has 12 nitrogen and oxygen atoms in total. The molecule has 0 bridgehead atoms. The molecule has 1 unspecified atom stereocenters. The molecule has 2 aromatic rings. The van der Waals surface area contributed by atoms with Crippen molar-refractivity contribution in [3.8, 4) is 5.75 Å². The van der Waals surface area contributed by atoms with Gasteiger partial charge in [0.25, 0.3) is 11.5 Å². The van der Waals surface area contributed by atoms with Gasteiger partial charge in [0.15, 0.2) is 18.1 Å². The molecule has 1 aromatic heterocycles. The van der Waals surface area contributed by atoms with E-state index in [1.165, 1.54) is 16.8 Å². The van der Waals surface area contributed by atoms with Crippen molar-refractivity contribution < 1.29 is 33.2 Å². The van der Waals surface area contributed by atoms with Crippen LogP contribution in [-0.4, -0.2) is 77.7 Å². The summed E-state index contributed by atoms with van der Waals surface area (Å²) in [6.45, 7) is 4.71. The van der Waals surface area contributed by atoms with Gasteiger partial charge in [-0.2, -0.15) is 0 Å². The first-order valence-electron chi connectivity index (χ1n) is 12.2. The Bertz CT molecular complexity index is 1300. The Morgan fingerprint density at radius 2 is 1.78 bits per heavy atom. The van der Waals surface area contributed by atoms with Crippen molar-refractivity contribution in [1.82, 2.24) is 14.5 Å². The molecule has 6 rings (SSSR count). The van der Waals surface area contributed by atoms with E-state index in [-0.39, 0.29) is 18.6 Å². The fraction of sp³-hybridized carbons (Fsp3) is 0.560. The van der Waals surface area contributed by atoms with Gasteiger partial charge in [0, 0.05) is 18.8 Å². The first kappa shape index (κ1) is 24.3. The third-order valence-corrected chi connectivity index (χ3v) is 6.95. The third-order valence-electron chi connectivity index (χ3n) is 6.95. The van der Waals surface area contributed by atoms with Crippen molar-refractivity contribution in [1.29, 1.82) is 0 Å². The van der Waals surface area contributed by atoms with E-state index in [4.69, 9.17) is 28.4 Å². The number of fused-ring (bicyclic) bond motifs is 1. The minimum Gasteiger partial charge on any atom is -0.497 e. The standard InChI is InChI=1S/C25H29N3O9/c1-25(2)36-19-17(18-20(34-18)22(30)26-10-15-12-33-15)35-23(21(19)37-25)27-9-8-16(29)28(24(27)31)11-13-4-6-14(32-3)7-5-13/h4-9,15,17-21,23H,10-12H2,1-3H3,(H,26,30)/t15?,17-,18+,19-,20-,21-,23-/m1/s1. The molecular formula is C25H29N3O9. The fourth-order valence-electron chi connectivity index (χ4n) is 4.97. The molecule has 0 saturated carbocycles. The number of hydrogen-bond donors (Lipinski definition) is 1. The number of carbonyl (C=O) groups is 1. The topological polar surface area (TPSA) is 135 Å². The van der Waals surface area contributed by atoms with Crippen molar-refractivity contribution in [2.45, 2.75) is 69.0 Å². The van der Waals surface area contributed by atoms with Crippen LogP contribution in [0.1, 0.15) is 25.6 Å². The van der Waals surface area contributed by atoms with E-state index in [1.807, 2.05) is 0 Å². The van der Waals surface area contributed by atoms with Gasteiger partial charge in [0.05, 0.1) is 26.4 Å². The van der Waals surface area contributed by atoms with Crippen LogP contribution in [0.4, 0.5) is 0 Å². The Kier molecular flexibility index (Phi) is 5.96. The number of carbonyl (C=O) groups excluding carboxylic acids is 1. The number of rotatable bonds is 8. The van der Waals surface area contributed by atoms with Gasteiger partial charge < -0.3 is 33.7 Å². The minimum absolute atomic E-state index is 0.0606. The molecule has 4 aliphatic rings. The van der Waals surface area contributed by atoms with Crippen LogP contribution in [0.2, 0.25) is 0 Å². The predicted octanol–water partition coefficient (Wildman–Crippen LogP) is -0.233. The van der Waals surface area contributed by atoms with E-state index < -0.39 is 53.8 Å². The molecule has 1 N–H and O–H groups in total. The van der Waals surface area contributed by atoms with Crippen molar-refractivity contribution in [2.75, 3.05) is 20.3 Å². The second-order valence-electron chi connectivity index (χ2n) is 10.1. The second-order valence-corrected chi connectivity index (χ2v) is 10.1. The highest BCUT2D eigenvalue weighted by Gasteiger charge is 2.64. The fourth-order valence-corrected chi connectivity index (χ4v) is 4.97. The number of methoxy groups -OCH3 is 1. The maximum Gasteiger partial charge on any atom is 0.333 e. The molecule has 12 heteroatoms. The third kappa shape index (κ3) is 4.71. The Morgan fingerprint density at radius 3 is 2.49 bits per heavy atom. The Morgan fingerprint density at radius 1 is 1.05 bits per heavy atom. The van der Waals surface area contributed by atoms with Gasteiger partial charge in [0.1, 0.15) is 30.2 Å². The number of hydrogen-bond acceptors (Lipinski definition) is 9. The zero-order valence-corrected chi connectivity index (χ0v) is 20.7. The molecule has 0 radical (unpaired) electrons. The van der Waals surface area contributed by atoms with E-state index in [9.17, 15) is 14.4 Å². The summed E-state index contributed by atoms with van der Waals surface area (Å²) in [5.41, 5.74) is -0.218. The Balaban J connectivity index is 1.24. The summed E-state index contributed by atoms with van der Waals surface area (Å²) in [4.78, 5) is 38.6. The lowest BCUT2D eigenvalue weighted by Gasteiger charge is -2.25. The summed E-state index contributed by atoms with van der Waals surface area (Å²) in [6.07, 6.45) is -2.49. The van der Waals surface area contributed by atoms with Gasteiger partial charge in [-0.15, -0.1) is 0 Å². The van der Waals surface area contributed by atoms with E-state index in [0.717, 1.165) is 10.1 Å². The van der Waals surface area contributed by atoms with E-state index in [2.05, 4.69) is 5.32 Å². The largest absolute Gasteiger partial charge is 0.497 e. The van der Waals surface area contributed by atoms with Crippen molar-refractivity contribution in [3.05, 3.63) is 62.9 Å². The van der Waals surface area contributed by atoms with Crippen LogP contribution in [-0.2, 0) is 35.0 Å². The van der Waals surface area contributed by atoms with Crippen LogP contribution in [0.25, 0.3) is 0 Å². The highest BCUT2D eigenvalue weighted by molar-refractivity contribution is 5.83. The average Bonchev–Trinajstić information content (AvgIpc) is 3.79. The predicted molar refractivity (Wildman–Crippen MR) is 126 cm³/mol. The summed E-state index contributed by atoms with van der Waals surface area (Å²) in [5, 5.41) is 2.81. The maximum absolute atomic E-state index is 13.5. The molecule has 198 valence electrons. The highest BCUT2D eigenvalue weighted by Crippen LogP contribution is 2.47. The lowest BCUT2D eigenvalue weighted by Crippen LogP contribution is -2.43. The molecule has 7 atom stereocenters. The summed E-state index contributed by atoms with van der Waals surface area (Å²) in [5.74, 6) is -0.492. The first-order valence-corrected chi connectivity index (χ1v) is 12.2. The smallest absolute Gasteiger partial charge is 0.333 e. The van der Waals surface area contributed by atoms with Crippen LogP contribution in [0.5, 0.6) is 5.75 Å². The van der Waals surface area contributed by atoms with Crippen LogP contribution in [0, 0.1) is 0 Å². The van der Waals surface area contributed by atoms with Crippen LogP contribution in [0.15, 0.2) is 46.1 Å². The highest BCUT2D eigenvalue weighted by atomic mass is 16.8. The minimum atomic E-state index is -0.924. The molecule has 1 amide bonds. The lowest BCUT2D eigenvalue weighted by atomic mass is 10.1. The molecule has 4 saturated heterocycles. The zero-order valence-electron chi connectivity index (χ0n) is 20.7. The van der Waals surface area contributed by atoms with E-state index in [1.54, 1.807) is 45.2 Å². The molecule has 1 aromatic carbocycles. The summed E-state index contributed by atoms with van der Waals surface area (Å²) in [7, 11) is 1.57. The van der Waals surface area contributed by atoms with Crippen LogP contribution in [0.3, 0.4) is 0 Å². The molecule has 4 aliphatic heterocycles. The van der Waals surface area contributed by atoms with E-state index in [0.29, 0.717) is 18.9 Å². The van der Waals surface area contributed by atoms with Crippen molar-refractivity contribution in [2.24, 2.45) is 0 Å². The molecular weight excluding hydrogens is 486 g/mol. The normalized spacial score (nSPS) is 33.1. The molecule has 37 heavy (non-hydrogen) atoms. The zero-order chi connectivity index (χ0) is 25.9. The quantitative estimate of drug-likeness (QED) is 0.473. The Labute approximate surface area is 212 Å². The SMILES string of the molecule is COc1ccc(Cn2c(=O)ccn([C@@H]3O[C@H]([C@@H]4O[C@H]4C(=O)NCC4CO4)[C@H]4OC(C)(C)O[C@H]43)c2=O)cc1. The van der Waals surface area contributed by atoms with Crippen molar-refractivity contribution in [3.63, 3.8) is 0 Å². The van der Waals surface area contributed by atoms with Gasteiger partial charge in [-0.1, -0.05) is 12.1 Å². The summed E-state index contributed by atoms with van der Waals surface area (Å²) < 4.78 is 37.0. The first-order chi connectivity index (χ1) is 17.7. The summed E-state index contributed by atoms with van der Waals surface area (Å²) in [6, 6.07) is 8.44. The molecule has 0 aliphatic carbocycles. The number of ether oxygens (including phenoxy) is 6. The van der Waals surface area contributed by atoms with Crippen molar-refractivity contribution >= 4 is 5.91 Å².